The minimum atomic E-state index is 1.22. The summed E-state index contributed by atoms with van der Waals surface area (Å²) in [6.45, 7) is 3.64. The van der Waals surface area contributed by atoms with Gasteiger partial charge < -0.3 is 4.90 Å². The van der Waals surface area contributed by atoms with Gasteiger partial charge in [0.25, 0.3) is 0 Å². The predicted molar refractivity (Wildman–Crippen MR) is 54.6 cm³/mol. The Hall–Kier alpha value is -0.630. The Morgan fingerprint density at radius 3 is 2.45 bits per heavy atom. The Kier molecular flexibility index (Phi) is 5.75. The van der Waals surface area contributed by atoms with Crippen LogP contribution in [-0.4, -0.2) is 25.3 Å². The van der Waals surface area contributed by atoms with Gasteiger partial charge in [0.15, 0.2) is 0 Å². The summed E-state index contributed by atoms with van der Waals surface area (Å²) in [5, 5.41) is 0. The number of nitrogens with zero attached hydrogens (tertiary/aromatic N) is 1. The molecule has 0 saturated carbocycles. The monoisotopic (exact) mass is 169 g/mol. The van der Waals surface area contributed by atoms with Crippen molar-refractivity contribution in [2.75, 3.05) is 20.4 Å². The van der Waals surface area contributed by atoms with Crippen LogP contribution in [0, 0.1) is 0 Å². The molecule has 0 saturated heterocycles. The lowest BCUT2D eigenvalue weighted by atomic mass is 10.4. The normalized spacial score (nSPS) is 12.1. The van der Waals surface area contributed by atoms with E-state index in [0.717, 1.165) is 0 Å². The fourth-order valence-electron chi connectivity index (χ4n) is 0.530. The van der Waals surface area contributed by atoms with Crippen LogP contribution in [-0.2, 0) is 0 Å². The molecule has 0 aliphatic heterocycles. The summed E-state index contributed by atoms with van der Waals surface area (Å²) in [6.07, 6.45) is 9.92. The fourth-order valence-corrected chi connectivity index (χ4v) is 0.960. The number of hydrogen-bond donors (Lipinski definition) is 0. The molecule has 1 nitrogen and oxygen atoms in total. The van der Waals surface area contributed by atoms with Gasteiger partial charge in [-0.15, -0.1) is 11.8 Å². The molecular formula is C9H15NS. The second-order valence-electron chi connectivity index (χ2n) is 2.29. The first-order valence-electron chi connectivity index (χ1n) is 3.42. The van der Waals surface area contributed by atoms with E-state index < -0.39 is 0 Å². The van der Waals surface area contributed by atoms with Gasteiger partial charge in [-0.1, -0.05) is 12.7 Å². The maximum Gasteiger partial charge on any atom is 0.00833 e. The van der Waals surface area contributed by atoms with Crippen molar-refractivity contribution in [2.45, 2.75) is 0 Å². The number of allylic oxidation sites excluding steroid dienone is 3. The molecule has 0 fully saturated rings. The van der Waals surface area contributed by atoms with Gasteiger partial charge in [-0.25, -0.2) is 0 Å². The predicted octanol–water partition coefficient (Wildman–Crippen LogP) is 2.49. The summed E-state index contributed by atoms with van der Waals surface area (Å²) < 4.78 is 0. The van der Waals surface area contributed by atoms with E-state index in [2.05, 4.69) is 18.9 Å². The van der Waals surface area contributed by atoms with E-state index in [1.807, 2.05) is 31.3 Å². The van der Waals surface area contributed by atoms with E-state index >= 15 is 0 Å². The molecule has 0 aliphatic carbocycles. The zero-order valence-electron chi connectivity index (χ0n) is 7.37. The summed E-state index contributed by atoms with van der Waals surface area (Å²) in [6, 6.07) is 0. The first-order chi connectivity index (χ1) is 5.20. The Morgan fingerprint density at radius 2 is 2.09 bits per heavy atom. The molecule has 62 valence electrons. The van der Waals surface area contributed by atoms with Crippen LogP contribution >= 0.6 is 11.8 Å². The quantitative estimate of drug-likeness (QED) is 0.595. The highest BCUT2D eigenvalue weighted by atomic mass is 32.2. The Balaban J connectivity index is 4.07. The van der Waals surface area contributed by atoms with E-state index in [1.54, 1.807) is 17.8 Å². The van der Waals surface area contributed by atoms with Gasteiger partial charge in [0, 0.05) is 19.0 Å². The first-order valence-corrected chi connectivity index (χ1v) is 4.64. The Morgan fingerprint density at radius 1 is 1.45 bits per heavy atom. The van der Waals surface area contributed by atoms with Crippen molar-refractivity contribution in [3.05, 3.63) is 35.9 Å². The largest absolute Gasteiger partial charge is 0.383 e. The third-order valence-corrected chi connectivity index (χ3v) is 1.80. The lowest BCUT2D eigenvalue weighted by Crippen LogP contribution is -1.99. The number of thioether (sulfide) groups is 1. The molecule has 0 rings (SSSR count). The van der Waals surface area contributed by atoms with Gasteiger partial charge in [-0.05, 0) is 24.6 Å². The maximum absolute atomic E-state index is 3.64. The van der Waals surface area contributed by atoms with Crippen LogP contribution in [0.2, 0.25) is 0 Å². The molecule has 0 radical (unpaired) electrons. The Labute approximate surface area is 73.5 Å². The van der Waals surface area contributed by atoms with Gasteiger partial charge >= 0.3 is 0 Å². The molecule has 0 spiro atoms. The van der Waals surface area contributed by atoms with E-state index in [4.69, 9.17) is 0 Å². The van der Waals surface area contributed by atoms with Crippen LogP contribution in [0.3, 0.4) is 0 Å². The van der Waals surface area contributed by atoms with Crippen molar-refractivity contribution in [1.82, 2.24) is 4.90 Å². The lowest BCUT2D eigenvalue weighted by Gasteiger charge is -2.03. The third kappa shape index (κ3) is 5.80. The van der Waals surface area contributed by atoms with Gasteiger partial charge in [0.05, 0.1) is 0 Å². The van der Waals surface area contributed by atoms with Crippen molar-refractivity contribution < 1.29 is 0 Å². The van der Waals surface area contributed by atoms with Crippen molar-refractivity contribution >= 4 is 11.8 Å². The molecule has 11 heavy (non-hydrogen) atoms. The second kappa shape index (κ2) is 6.10. The van der Waals surface area contributed by atoms with Gasteiger partial charge in [-0.3, -0.25) is 0 Å². The highest BCUT2D eigenvalue weighted by Crippen LogP contribution is 2.12. The summed E-state index contributed by atoms with van der Waals surface area (Å²) in [5.41, 5.74) is 0. The molecule has 0 aromatic rings. The van der Waals surface area contributed by atoms with Crippen LogP contribution in [0.1, 0.15) is 0 Å². The fraction of sp³-hybridized carbons (Fsp3) is 0.333. The molecule has 0 bridgehead atoms. The van der Waals surface area contributed by atoms with Crippen LogP contribution < -0.4 is 0 Å². The van der Waals surface area contributed by atoms with Crippen LogP contribution in [0.5, 0.6) is 0 Å². The molecule has 0 aromatic carbocycles. The molecule has 0 unspecified atom stereocenters. The van der Waals surface area contributed by atoms with Crippen LogP contribution in [0.25, 0.3) is 0 Å². The molecule has 0 aromatic heterocycles. The summed E-state index contributed by atoms with van der Waals surface area (Å²) in [4.78, 5) is 3.22. The van der Waals surface area contributed by atoms with E-state index in [-0.39, 0.29) is 0 Å². The Bertz CT molecular complexity index is 168. The van der Waals surface area contributed by atoms with Crippen LogP contribution in [0.15, 0.2) is 35.9 Å². The SMILES string of the molecule is C=C/C=C(/C=C/N(C)C)SC. The third-order valence-electron chi connectivity index (χ3n) is 1.05. The molecule has 0 heterocycles. The minimum Gasteiger partial charge on any atom is -0.383 e. The molecule has 0 aliphatic rings. The van der Waals surface area contributed by atoms with E-state index in [0.29, 0.717) is 0 Å². The van der Waals surface area contributed by atoms with Gasteiger partial charge in [0.1, 0.15) is 0 Å². The highest BCUT2D eigenvalue weighted by Gasteiger charge is 1.85. The number of hydrogen-bond acceptors (Lipinski definition) is 2. The summed E-state index contributed by atoms with van der Waals surface area (Å²) in [7, 11) is 4.00. The van der Waals surface area contributed by atoms with Crippen molar-refractivity contribution in [2.24, 2.45) is 0 Å². The lowest BCUT2D eigenvalue weighted by molar-refractivity contribution is 0.564. The van der Waals surface area contributed by atoms with Crippen molar-refractivity contribution in [3.8, 4) is 0 Å². The minimum absolute atomic E-state index is 1.22. The van der Waals surface area contributed by atoms with Gasteiger partial charge in [-0.2, -0.15) is 0 Å². The van der Waals surface area contributed by atoms with Crippen molar-refractivity contribution in [3.63, 3.8) is 0 Å². The smallest absolute Gasteiger partial charge is 0.00833 e. The van der Waals surface area contributed by atoms with Crippen LogP contribution in [0.4, 0.5) is 0 Å². The summed E-state index contributed by atoms with van der Waals surface area (Å²) >= 11 is 1.71. The highest BCUT2D eigenvalue weighted by molar-refractivity contribution is 8.02. The zero-order chi connectivity index (χ0) is 8.69. The topological polar surface area (TPSA) is 3.24 Å². The van der Waals surface area contributed by atoms with Gasteiger partial charge in [0.2, 0.25) is 0 Å². The standard InChI is InChI=1S/C9H15NS/c1-5-6-9(11-4)7-8-10(2)3/h5-8H,1H2,2-4H3/b8-7+,9-6-. The average molecular weight is 169 g/mol. The average Bonchev–Trinajstić information content (AvgIpc) is 1.97. The van der Waals surface area contributed by atoms with Crippen molar-refractivity contribution in [1.29, 1.82) is 0 Å². The van der Waals surface area contributed by atoms with E-state index in [9.17, 15) is 0 Å². The molecule has 2 heteroatoms. The maximum atomic E-state index is 3.64. The zero-order valence-corrected chi connectivity index (χ0v) is 8.19. The molecule has 0 amide bonds. The summed E-state index contributed by atoms with van der Waals surface area (Å²) in [5.74, 6) is 0. The second-order valence-corrected chi connectivity index (χ2v) is 3.17. The molecular weight excluding hydrogens is 154 g/mol. The molecule has 0 N–H and O–H groups in total. The van der Waals surface area contributed by atoms with E-state index in [1.165, 1.54) is 4.91 Å². The molecule has 0 atom stereocenters. The number of rotatable bonds is 4. The first kappa shape index (κ1) is 10.4.